The topological polar surface area (TPSA) is 52.0 Å². The molecule has 0 amide bonds. The fourth-order valence-electron chi connectivity index (χ4n) is 1.93. The Morgan fingerprint density at radius 1 is 1.18 bits per heavy atom. The van der Waals surface area contributed by atoms with E-state index < -0.39 is 0 Å². The molecular formula is C14H18N2O. The molecule has 0 saturated carbocycles. The number of hydrogen-bond donors (Lipinski definition) is 1. The van der Waals surface area contributed by atoms with Crippen molar-refractivity contribution in [2.75, 3.05) is 5.73 Å². The van der Waals surface area contributed by atoms with Crippen molar-refractivity contribution in [3.8, 4) is 11.3 Å². The maximum absolute atomic E-state index is 5.73. The van der Waals surface area contributed by atoms with Crippen LogP contribution in [0.5, 0.6) is 0 Å². The van der Waals surface area contributed by atoms with Crippen LogP contribution in [0.4, 0.5) is 5.82 Å². The lowest BCUT2D eigenvalue weighted by Gasteiger charge is -2.21. The Bertz CT molecular complexity index is 535. The van der Waals surface area contributed by atoms with Gasteiger partial charge in [0.25, 0.3) is 0 Å². The number of nitrogens with zero attached hydrogens (tertiary/aromatic N) is 1. The maximum atomic E-state index is 5.73. The van der Waals surface area contributed by atoms with E-state index >= 15 is 0 Å². The summed E-state index contributed by atoms with van der Waals surface area (Å²) < 4.78 is 5.34. The van der Waals surface area contributed by atoms with Gasteiger partial charge in [0.05, 0.1) is 0 Å². The normalized spacial score (nSPS) is 11.8. The van der Waals surface area contributed by atoms with Gasteiger partial charge in [-0.2, -0.15) is 0 Å². The summed E-state index contributed by atoms with van der Waals surface area (Å²) in [6.45, 7) is 8.48. The number of aromatic nitrogens is 1. The van der Waals surface area contributed by atoms with Crippen LogP contribution in [0, 0.1) is 6.92 Å². The molecule has 0 aliphatic rings. The molecule has 0 fully saturated rings. The minimum atomic E-state index is 0.0601. The van der Waals surface area contributed by atoms with E-state index in [4.69, 9.17) is 10.3 Å². The van der Waals surface area contributed by atoms with Gasteiger partial charge in [0.2, 0.25) is 0 Å². The molecule has 0 spiro atoms. The molecule has 0 saturated heterocycles. The first-order chi connectivity index (χ1) is 7.91. The summed E-state index contributed by atoms with van der Waals surface area (Å²) >= 11 is 0. The van der Waals surface area contributed by atoms with Crippen molar-refractivity contribution in [3.63, 3.8) is 0 Å². The van der Waals surface area contributed by atoms with Gasteiger partial charge in [-0.15, -0.1) is 0 Å². The second kappa shape index (κ2) is 3.91. The van der Waals surface area contributed by atoms with E-state index in [2.05, 4.69) is 32.0 Å². The average molecular weight is 230 g/mol. The molecule has 17 heavy (non-hydrogen) atoms. The lowest BCUT2D eigenvalue weighted by molar-refractivity contribution is 0.433. The molecule has 1 heterocycles. The highest BCUT2D eigenvalue weighted by Crippen LogP contribution is 2.35. The minimum absolute atomic E-state index is 0.0601. The van der Waals surface area contributed by atoms with E-state index in [0.29, 0.717) is 5.82 Å². The van der Waals surface area contributed by atoms with Gasteiger partial charge in [-0.1, -0.05) is 50.2 Å². The highest BCUT2D eigenvalue weighted by Gasteiger charge is 2.22. The largest absolute Gasteiger partial charge is 0.381 e. The fraction of sp³-hybridized carbons (Fsp3) is 0.357. The van der Waals surface area contributed by atoms with Crippen molar-refractivity contribution in [3.05, 3.63) is 35.4 Å². The first kappa shape index (κ1) is 11.7. The summed E-state index contributed by atoms with van der Waals surface area (Å²) in [4.78, 5) is 0. The van der Waals surface area contributed by atoms with Crippen LogP contribution in [-0.4, -0.2) is 5.16 Å². The second-order valence-electron chi connectivity index (χ2n) is 5.32. The van der Waals surface area contributed by atoms with Crippen molar-refractivity contribution in [2.24, 2.45) is 0 Å². The second-order valence-corrected chi connectivity index (χ2v) is 5.32. The van der Waals surface area contributed by atoms with Gasteiger partial charge in [-0.05, 0) is 17.9 Å². The third-order valence-corrected chi connectivity index (χ3v) is 2.94. The molecule has 0 radical (unpaired) electrons. The van der Waals surface area contributed by atoms with Crippen molar-refractivity contribution in [1.29, 1.82) is 0 Å². The average Bonchev–Trinajstić information content (AvgIpc) is 2.59. The van der Waals surface area contributed by atoms with Crippen LogP contribution in [0.3, 0.4) is 0 Å². The predicted octanol–water partition coefficient (Wildman–Crippen LogP) is 3.53. The van der Waals surface area contributed by atoms with Crippen LogP contribution < -0.4 is 5.73 Å². The number of nitrogen functional groups attached to an aromatic ring is 1. The Morgan fingerprint density at radius 2 is 1.82 bits per heavy atom. The molecule has 0 atom stereocenters. The summed E-state index contributed by atoms with van der Waals surface area (Å²) in [7, 11) is 0. The number of rotatable bonds is 1. The van der Waals surface area contributed by atoms with Crippen molar-refractivity contribution in [1.82, 2.24) is 5.16 Å². The molecular weight excluding hydrogens is 212 g/mol. The summed E-state index contributed by atoms with van der Waals surface area (Å²) in [6.07, 6.45) is 0. The molecule has 0 bridgehead atoms. The van der Waals surface area contributed by atoms with E-state index in [1.54, 1.807) is 0 Å². The summed E-state index contributed by atoms with van der Waals surface area (Å²) in [5.74, 6) is 1.23. The molecule has 3 heteroatoms. The Labute approximate surface area is 102 Å². The highest BCUT2D eigenvalue weighted by molar-refractivity contribution is 5.69. The quantitative estimate of drug-likeness (QED) is 0.815. The van der Waals surface area contributed by atoms with Gasteiger partial charge in [-0.25, -0.2) is 0 Å². The molecule has 90 valence electrons. The zero-order chi connectivity index (χ0) is 12.6. The van der Waals surface area contributed by atoms with Gasteiger partial charge in [0.1, 0.15) is 0 Å². The third kappa shape index (κ3) is 2.05. The monoisotopic (exact) mass is 230 g/mol. The van der Waals surface area contributed by atoms with E-state index in [1.165, 1.54) is 5.56 Å². The molecule has 2 rings (SSSR count). The van der Waals surface area contributed by atoms with Crippen LogP contribution in [0.15, 0.2) is 28.8 Å². The molecule has 0 unspecified atom stereocenters. The van der Waals surface area contributed by atoms with Gasteiger partial charge in [0, 0.05) is 11.1 Å². The Kier molecular flexibility index (Phi) is 2.69. The smallest absolute Gasteiger partial charge is 0.172 e. The fourth-order valence-corrected chi connectivity index (χ4v) is 1.93. The zero-order valence-corrected chi connectivity index (χ0v) is 10.7. The molecule has 0 aliphatic heterocycles. The number of anilines is 1. The number of nitrogens with two attached hydrogens (primary N) is 1. The van der Waals surface area contributed by atoms with Crippen LogP contribution >= 0.6 is 0 Å². The molecule has 0 aliphatic carbocycles. The van der Waals surface area contributed by atoms with Crippen LogP contribution in [0.1, 0.15) is 31.9 Å². The number of benzene rings is 1. The lowest BCUT2D eigenvalue weighted by Crippen LogP contribution is -2.12. The Hall–Kier alpha value is -1.77. The highest BCUT2D eigenvalue weighted by atomic mass is 16.5. The molecule has 3 nitrogen and oxygen atoms in total. The van der Waals surface area contributed by atoms with Gasteiger partial charge < -0.3 is 10.3 Å². The molecule has 1 aromatic heterocycles. The van der Waals surface area contributed by atoms with Crippen molar-refractivity contribution in [2.45, 2.75) is 33.1 Å². The van der Waals surface area contributed by atoms with E-state index in [-0.39, 0.29) is 5.41 Å². The maximum Gasteiger partial charge on any atom is 0.172 e. The van der Waals surface area contributed by atoms with E-state index in [0.717, 1.165) is 16.9 Å². The molecule has 1 aromatic carbocycles. The third-order valence-electron chi connectivity index (χ3n) is 2.94. The van der Waals surface area contributed by atoms with E-state index in [1.807, 2.05) is 25.1 Å². The Balaban J connectivity index is 2.64. The van der Waals surface area contributed by atoms with Crippen LogP contribution in [0.25, 0.3) is 11.3 Å². The van der Waals surface area contributed by atoms with Crippen molar-refractivity contribution >= 4 is 5.82 Å². The van der Waals surface area contributed by atoms with Gasteiger partial charge >= 0.3 is 0 Å². The van der Waals surface area contributed by atoms with Crippen LogP contribution in [-0.2, 0) is 5.41 Å². The first-order valence-electron chi connectivity index (χ1n) is 5.73. The van der Waals surface area contributed by atoms with Crippen LogP contribution in [0.2, 0.25) is 0 Å². The summed E-state index contributed by atoms with van der Waals surface area (Å²) in [5.41, 5.74) is 9.00. The number of hydrogen-bond acceptors (Lipinski definition) is 3. The SMILES string of the molecule is Cc1c(N)noc1-c1ccccc1C(C)(C)C. The summed E-state index contributed by atoms with van der Waals surface area (Å²) in [5, 5.41) is 3.82. The van der Waals surface area contributed by atoms with Gasteiger partial charge in [-0.3, -0.25) is 0 Å². The van der Waals surface area contributed by atoms with Gasteiger partial charge in [0.15, 0.2) is 11.6 Å². The minimum Gasteiger partial charge on any atom is -0.381 e. The Morgan fingerprint density at radius 3 is 2.35 bits per heavy atom. The molecule has 2 aromatic rings. The first-order valence-corrected chi connectivity index (χ1v) is 5.73. The van der Waals surface area contributed by atoms with Crippen molar-refractivity contribution < 1.29 is 4.52 Å². The predicted molar refractivity (Wildman–Crippen MR) is 69.8 cm³/mol. The molecule has 2 N–H and O–H groups in total. The zero-order valence-electron chi connectivity index (χ0n) is 10.7. The van der Waals surface area contributed by atoms with E-state index in [9.17, 15) is 0 Å². The standard InChI is InChI=1S/C14H18N2O/c1-9-12(17-16-13(9)15)10-7-5-6-8-11(10)14(2,3)4/h5-8H,1-4H3,(H2,15,16). The summed E-state index contributed by atoms with van der Waals surface area (Å²) in [6, 6.07) is 8.21. The lowest BCUT2D eigenvalue weighted by atomic mass is 9.83.